The van der Waals surface area contributed by atoms with Crippen LogP contribution < -0.4 is 4.74 Å². The zero-order chi connectivity index (χ0) is 28.0. The van der Waals surface area contributed by atoms with Crippen LogP contribution in [0.5, 0.6) is 5.75 Å². The van der Waals surface area contributed by atoms with Crippen molar-refractivity contribution >= 4 is 23.3 Å². The quantitative estimate of drug-likeness (QED) is 0.167. The lowest BCUT2D eigenvalue weighted by Gasteiger charge is -2.17. The Kier molecular flexibility index (Phi) is 8.76. The van der Waals surface area contributed by atoms with Crippen LogP contribution in [0.2, 0.25) is 0 Å². The van der Waals surface area contributed by atoms with Crippen molar-refractivity contribution in [3.05, 3.63) is 125 Å². The summed E-state index contributed by atoms with van der Waals surface area (Å²) in [6.45, 7) is 1.36. The number of halogens is 4. The van der Waals surface area contributed by atoms with E-state index >= 15 is 0 Å². The molecule has 8 heteroatoms. The van der Waals surface area contributed by atoms with Gasteiger partial charge in [0.2, 0.25) is 0 Å². The molecule has 4 aromatic rings. The van der Waals surface area contributed by atoms with E-state index in [-0.39, 0.29) is 5.56 Å². The Labute approximate surface area is 227 Å². The van der Waals surface area contributed by atoms with Gasteiger partial charge in [-0.3, -0.25) is 0 Å². The van der Waals surface area contributed by atoms with Gasteiger partial charge in [0.15, 0.2) is 6.61 Å². The van der Waals surface area contributed by atoms with Crippen LogP contribution in [0.3, 0.4) is 0 Å². The van der Waals surface area contributed by atoms with Crippen molar-refractivity contribution in [3.63, 3.8) is 0 Å². The first-order chi connectivity index (χ1) is 18.6. The second-order valence-electron chi connectivity index (χ2n) is 8.67. The van der Waals surface area contributed by atoms with Gasteiger partial charge in [0, 0.05) is 10.6 Å². The molecule has 0 bridgehead atoms. The lowest BCUT2D eigenvalue weighted by Crippen LogP contribution is -2.09. The van der Waals surface area contributed by atoms with Gasteiger partial charge >= 0.3 is 12.1 Å². The van der Waals surface area contributed by atoms with Crippen LogP contribution in [0.4, 0.5) is 17.6 Å². The van der Waals surface area contributed by atoms with Crippen LogP contribution in [-0.2, 0) is 11.0 Å². The van der Waals surface area contributed by atoms with Crippen LogP contribution in [-0.4, -0.2) is 23.4 Å². The highest BCUT2D eigenvalue weighted by Gasteiger charge is 2.34. The molecule has 0 radical (unpaired) electrons. The maximum absolute atomic E-state index is 14.2. The van der Waals surface area contributed by atoms with E-state index in [2.05, 4.69) is 0 Å². The van der Waals surface area contributed by atoms with Crippen molar-refractivity contribution < 1.29 is 32.2 Å². The topological polar surface area (TPSA) is 46.5 Å². The molecular formula is C31H24F4O3S. The fourth-order valence-electron chi connectivity index (χ4n) is 4.08. The average Bonchev–Trinajstić information content (AvgIpc) is 2.91. The summed E-state index contributed by atoms with van der Waals surface area (Å²) in [6.07, 6.45) is -2.76. The highest BCUT2D eigenvalue weighted by Crippen LogP contribution is 2.39. The molecule has 1 N–H and O–H groups in total. The van der Waals surface area contributed by atoms with Gasteiger partial charge in [-0.25, -0.2) is 9.18 Å². The minimum Gasteiger partial charge on any atom is -0.482 e. The first-order valence-electron chi connectivity index (χ1n) is 11.9. The number of carboxylic acid groups (broad SMARTS) is 1. The molecule has 0 heterocycles. The lowest BCUT2D eigenvalue weighted by molar-refractivity contribution is -0.139. The third kappa shape index (κ3) is 7.29. The van der Waals surface area contributed by atoms with Crippen molar-refractivity contribution in [2.75, 3.05) is 12.4 Å². The zero-order valence-corrected chi connectivity index (χ0v) is 21.7. The number of thioether (sulfide) groups is 1. The van der Waals surface area contributed by atoms with E-state index in [0.29, 0.717) is 33.8 Å². The smallest absolute Gasteiger partial charge is 0.417 e. The lowest BCUT2D eigenvalue weighted by atomic mass is 9.91. The predicted molar refractivity (Wildman–Crippen MR) is 145 cm³/mol. The van der Waals surface area contributed by atoms with Gasteiger partial charge in [-0.15, -0.1) is 11.8 Å². The van der Waals surface area contributed by atoms with E-state index in [0.717, 1.165) is 16.5 Å². The summed E-state index contributed by atoms with van der Waals surface area (Å²) in [6, 6.07) is 23.6. The van der Waals surface area contributed by atoms with E-state index in [9.17, 15) is 22.4 Å². The van der Waals surface area contributed by atoms with E-state index in [1.54, 1.807) is 67.6 Å². The number of hydrogen-bond donors (Lipinski definition) is 1. The van der Waals surface area contributed by atoms with Crippen molar-refractivity contribution in [1.82, 2.24) is 0 Å². The monoisotopic (exact) mass is 552 g/mol. The molecule has 0 aromatic heterocycles. The standard InChI is InChI=1S/C31H24F4O3S/c1-20-17-25(12-14-29(20)38-19-30(36)37)39-16-15-26(22-7-10-24(32)11-8-22)23-9-13-27(21-5-3-2-4-6-21)28(18-23)31(33,34)35/h2-15,17-18H,16,19H2,1H3,(H,36,37). The van der Waals surface area contributed by atoms with Gasteiger partial charge in [-0.1, -0.05) is 60.7 Å². The molecule has 4 aromatic carbocycles. The Balaban J connectivity index is 1.67. The number of alkyl halides is 3. The Hall–Kier alpha value is -4.04. The SMILES string of the molecule is Cc1cc(SCC=C(c2ccc(F)cc2)c2ccc(-c3ccccc3)c(C(F)(F)F)c2)ccc1OCC(=O)O. The van der Waals surface area contributed by atoms with Crippen molar-refractivity contribution in [2.24, 2.45) is 0 Å². The first-order valence-corrected chi connectivity index (χ1v) is 12.9. The number of aryl methyl sites for hydroxylation is 1. The molecule has 0 aliphatic carbocycles. The van der Waals surface area contributed by atoms with Gasteiger partial charge in [-0.05, 0) is 76.7 Å². The number of carboxylic acids is 1. The number of hydrogen-bond acceptors (Lipinski definition) is 3. The maximum Gasteiger partial charge on any atom is 0.417 e. The molecule has 3 nitrogen and oxygen atoms in total. The van der Waals surface area contributed by atoms with Gasteiger partial charge in [-0.2, -0.15) is 13.2 Å². The number of benzene rings is 4. The number of carbonyl (C=O) groups is 1. The van der Waals surface area contributed by atoms with E-state index < -0.39 is 30.1 Å². The molecule has 0 aliphatic rings. The van der Waals surface area contributed by atoms with E-state index in [1.807, 2.05) is 12.1 Å². The molecular weight excluding hydrogens is 528 g/mol. The Bertz CT molecular complexity index is 1480. The third-order valence-corrected chi connectivity index (χ3v) is 6.83. The summed E-state index contributed by atoms with van der Waals surface area (Å²) < 4.78 is 61.4. The number of rotatable bonds is 9. The van der Waals surface area contributed by atoms with Gasteiger partial charge in [0.1, 0.15) is 11.6 Å². The number of aliphatic carboxylic acids is 1. The minimum absolute atomic E-state index is 0.0837. The highest BCUT2D eigenvalue weighted by atomic mass is 32.2. The van der Waals surface area contributed by atoms with Crippen molar-refractivity contribution in [3.8, 4) is 16.9 Å². The summed E-state index contributed by atoms with van der Waals surface area (Å²) >= 11 is 1.45. The molecule has 0 saturated heterocycles. The molecule has 4 rings (SSSR count). The highest BCUT2D eigenvalue weighted by molar-refractivity contribution is 7.99. The molecule has 0 amide bonds. The minimum atomic E-state index is -4.58. The second kappa shape index (κ2) is 12.2. The first kappa shape index (κ1) is 28.0. The zero-order valence-electron chi connectivity index (χ0n) is 20.8. The van der Waals surface area contributed by atoms with Crippen LogP contribution in [0, 0.1) is 12.7 Å². The Morgan fingerprint density at radius 1 is 0.923 bits per heavy atom. The van der Waals surface area contributed by atoms with Crippen molar-refractivity contribution in [2.45, 2.75) is 18.0 Å². The summed E-state index contributed by atoms with van der Waals surface area (Å²) in [5.74, 6) is -0.633. The fourth-order valence-corrected chi connectivity index (χ4v) is 4.95. The average molecular weight is 553 g/mol. The van der Waals surface area contributed by atoms with Gasteiger partial charge in [0.25, 0.3) is 0 Å². The number of ether oxygens (including phenoxy) is 1. The molecule has 0 aliphatic heterocycles. The van der Waals surface area contributed by atoms with E-state index in [4.69, 9.17) is 9.84 Å². The summed E-state index contributed by atoms with van der Waals surface area (Å²) in [4.78, 5) is 11.6. The third-order valence-electron chi connectivity index (χ3n) is 5.91. The molecule has 0 saturated carbocycles. The predicted octanol–water partition coefficient (Wildman–Crippen LogP) is 8.51. The van der Waals surface area contributed by atoms with Crippen LogP contribution in [0.1, 0.15) is 22.3 Å². The maximum atomic E-state index is 14.2. The van der Waals surface area contributed by atoms with Crippen LogP contribution in [0.15, 0.2) is 102 Å². The summed E-state index contributed by atoms with van der Waals surface area (Å²) in [5.41, 5.74) is 2.06. The van der Waals surface area contributed by atoms with E-state index in [1.165, 1.54) is 30.0 Å². The van der Waals surface area contributed by atoms with Crippen LogP contribution >= 0.6 is 11.8 Å². The summed E-state index contributed by atoms with van der Waals surface area (Å²) in [5, 5.41) is 8.81. The van der Waals surface area contributed by atoms with Gasteiger partial charge in [0.05, 0.1) is 5.56 Å². The molecule has 0 unspecified atom stereocenters. The van der Waals surface area contributed by atoms with Crippen LogP contribution in [0.25, 0.3) is 16.7 Å². The molecule has 39 heavy (non-hydrogen) atoms. The summed E-state index contributed by atoms with van der Waals surface area (Å²) in [7, 11) is 0. The Morgan fingerprint density at radius 2 is 1.62 bits per heavy atom. The molecule has 0 fully saturated rings. The van der Waals surface area contributed by atoms with Crippen molar-refractivity contribution in [1.29, 1.82) is 0 Å². The normalized spacial score (nSPS) is 11.9. The van der Waals surface area contributed by atoms with Gasteiger partial charge < -0.3 is 9.84 Å². The molecule has 0 spiro atoms. The molecule has 200 valence electrons. The molecule has 0 atom stereocenters. The second-order valence-corrected chi connectivity index (χ2v) is 9.76. The Morgan fingerprint density at radius 3 is 2.26 bits per heavy atom. The fraction of sp³-hybridized carbons (Fsp3) is 0.129. The largest absolute Gasteiger partial charge is 0.482 e.